The monoisotopic (exact) mass is 464 g/mol. The van der Waals surface area contributed by atoms with Crippen molar-refractivity contribution in [3.8, 4) is 11.1 Å². The molecule has 10 heteroatoms. The van der Waals surface area contributed by atoms with Gasteiger partial charge < -0.3 is 20.5 Å². The molecule has 2 aromatic rings. The first-order chi connectivity index (χ1) is 15.6. The average Bonchev–Trinajstić information content (AvgIpc) is 3.08. The van der Waals surface area contributed by atoms with Gasteiger partial charge in [-0.05, 0) is 35.6 Å². The van der Waals surface area contributed by atoms with E-state index in [-0.39, 0.29) is 12.5 Å². The number of carbonyl (C=O) groups is 3. The summed E-state index contributed by atoms with van der Waals surface area (Å²) in [5.41, 5.74) is 3.81. The Kier molecular flexibility index (Phi) is 7.25. The minimum Gasteiger partial charge on any atom is -0.480 e. The van der Waals surface area contributed by atoms with Crippen LogP contribution in [0.3, 0.4) is 0 Å². The van der Waals surface area contributed by atoms with Crippen molar-refractivity contribution in [2.45, 2.75) is 43.9 Å². The van der Waals surface area contributed by atoms with E-state index in [0.717, 1.165) is 22.3 Å². The number of ether oxygens (including phenoxy) is 1. The smallest absolute Gasteiger partial charge is 0.408 e. The van der Waals surface area contributed by atoms with Crippen LogP contribution in [0.2, 0.25) is 0 Å². The molecule has 2 amide bonds. The molecule has 176 valence electrons. The lowest BCUT2D eigenvalue weighted by Crippen LogP contribution is -2.47. The predicted octanol–water partition coefficient (Wildman–Crippen LogP) is 3.83. The molecule has 0 saturated carbocycles. The molecule has 7 nitrogen and oxygen atoms in total. The highest BCUT2D eigenvalue weighted by Gasteiger charge is 2.41. The fourth-order valence-electron chi connectivity index (χ4n) is 3.75. The Balaban J connectivity index is 1.60. The third kappa shape index (κ3) is 5.82. The van der Waals surface area contributed by atoms with E-state index in [1.54, 1.807) is 5.32 Å². The van der Waals surface area contributed by atoms with Gasteiger partial charge in [0.15, 0.2) is 0 Å². The Bertz CT molecular complexity index is 995. The summed E-state index contributed by atoms with van der Waals surface area (Å²) in [6.45, 7) is 1.04. The Labute approximate surface area is 187 Å². The lowest BCUT2D eigenvalue weighted by Gasteiger charge is -2.22. The van der Waals surface area contributed by atoms with Gasteiger partial charge in [0.1, 0.15) is 18.7 Å². The average molecular weight is 464 g/mol. The van der Waals surface area contributed by atoms with Crippen LogP contribution in [0.25, 0.3) is 11.1 Å². The molecule has 2 aromatic carbocycles. The van der Waals surface area contributed by atoms with Crippen LogP contribution in [-0.4, -0.2) is 47.9 Å². The third-order valence-corrected chi connectivity index (χ3v) is 5.44. The standard InChI is InChI=1S/C23H23F3N2O5/c1-13(21(30)31)27-20(29)11-10-19(23(24,25)26)28-22(32)33-12-18-16-8-4-2-6-14(16)15-7-3-5-9-17(15)18/h2-9,13,18-19H,10-12H2,1H3,(H,27,29)(H,28,32)(H,30,31)/t13?,19-/m0/s1. The van der Waals surface area contributed by atoms with Gasteiger partial charge in [-0.25, -0.2) is 4.79 Å². The van der Waals surface area contributed by atoms with Crippen molar-refractivity contribution in [1.29, 1.82) is 0 Å². The van der Waals surface area contributed by atoms with E-state index >= 15 is 0 Å². The lowest BCUT2D eigenvalue weighted by atomic mass is 9.98. The number of rotatable bonds is 8. The number of hydrogen-bond acceptors (Lipinski definition) is 4. The highest BCUT2D eigenvalue weighted by atomic mass is 19.4. The summed E-state index contributed by atoms with van der Waals surface area (Å²) in [6, 6.07) is 11.5. The van der Waals surface area contributed by atoms with Crippen molar-refractivity contribution in [2.75, 3.05) is 6.61 Å². The maximum atomic E-state index is 13.4. The third-order valence-electron chi connectivity index (χ3n) is 5.44. The van der Waals surface area contributed by atoms with Crippen LogP contribution in [0.1, 0.15) is 36.8 Å². The van der Waals surface area contributed by atoms with Crippen molar-refractivity contribution in [2.24, 2.45) is 0 Å². The summed E-state index contributed by atoms with van der Waals surface area (Å²) >= 11 is 0. The second kappa shape index (κ2) is 9.93. The summed E-state index contributed by atoms with van der Waals surface area (Å²) in [5, 5.41) is 12.6. The summed E-state index contributed by atoms with van der Waals surface area (Å²) in [7, 11) is 0. The number of alkyl halides is 3. The molecule has 0 radical (unpaired) electrons. The minimum absolute atomic E-state index is 0.152. The summed E-state index contributed by atoms with van der Waals surface area (Å²) in [4.78, 5) is 34.6. The zero-order chi connectivity index (χ0) is 24.2. The van der Waals surface area contributed by atoms with Gasteiger partial charge in [-0.2, -0.15) is 13.2 Å². The van der Waals surface area contributed by atoms with Gasteiger partial charge in [-0.3, -0.25) is 9.59 Å². The number of alkyl carbamates (subject to hydrolysis) is 1. The van der Waals surface area contributed by atoms with Gasteiger partial charge in [0.25, 0.3) is 0 Å². The number of halogens is 3. The maximum Gasteiger partial charge on any atom is 0.408 e. The fourth-order valence-corrected chi connectivity index (χ4v) is 3.75. The molecule has 1 unspecified atom stereocenters. The molecule has 0 bridgehead atoms. The number of carboxylic acids is 1. The van der Waals surface area contributed by atoms with Crippen molar-refractivity contribution in [3.63, 3.8) is 0 Å². The van der Waals surface area contributed by atoms with Crippen molar-refractivity contribution >= 4 is 18.0 Å². The summed E-state index contributed by atoms with van der Waals surface area (Å²) < 4.78 is 45.2. The normalized spacial score (nSPS) is 14.5. The summed E-state index contributed by atoms with van der Waals surface area (Å²) in [6.07, 6.45) is -7.44. The largest absolute Gasteiger partial charge is 0.480 e. The number of carbonyl (C=O) groups excluding carboxylic acids is 2. The Morgan fingerprint density at radius 3 is 2.06 bits per heavy atom. The minimum atomic E-state index is -4.82. The topological polar surface area (TPSA) is 105 Å². The number of amides is 2. The van der Waals surface area contributed by atoms with E-state index in [4.69, 9.17) is 9.84 Å². The number of nitrogens with one attached hydrogen (secondary N) is 2. The van der Waals surface area contributed by atoms with Gasteiger partial charge in [-0.15, -0.1) is 0 Å². The molecular weight excluding hydrogens is 441 g/mol. The fraction of sp³-hybridized carbons (Fsp3) is 0.348. The van der Waals surface area contributed by atoms with E-state index in [9.17, 15) is 27.6 Å². The Morgan fingerprint density at radius 2 is 1.55 bits per heavy atom. The molecule has 1 aliphatic rings. The highest BCUT2D eigenvalue weighted by molar-refractivity contribution is 5.83. The van der Waals surface area contributed by atoms with E-state index in [0.29, 0.717) is 0 Å². The number of hydrogen-bond donors (Lipinski definition) is 3. The summed E-state index contributed by atoms with van der Waals surface area (Å²) in [5.74, 6) is -2.49. The molecule has 33 heavy (non-hydrogen) atoms. The number of carboxylic acid groups (broad SMARTS) is 1. The zero-order valence-electron chi connectivity index (χ0n) is 17.7. The first-order valence-corrected chi connectivity index (χ1v) is 10.3. The van der Waals surface area contributed by atoms with Crippen LogP contribution in [0.5, 0.6) is 0 Å². The molecule has 1 aliphatic carbocycles. The van der Waals surface area contributed by atoms with Crippen molar-refractivity contribution < 1.29 is 37.4 Å². The van der Waals surface area contributed by atoms with E-state index in [1.165, 1.54) is 6.92 Å². The number of fused-ring (bicyclic) bond motifs is 3. The number of benzene rings is 2. The van der Waals surface area contributed by atoms with Gasteiger partial charge in [0, 0.05) is 12.3 Å². The molecule has 0 saturated heterocycles. The SMILES string of the molecule is CC(NC(=O)CC[C@H](NC(=O)OCC1c2ccccc2-c2ccccc21)C(F)(F)F)C(=O)O. The van der Waals surface area contributed by atoms with Crippen LogP contribution in [0.4, 0.5) is 18.0 Å². The maximum absolute atomic E-state index is 13.4. The van der Waals surface area contributed by atoms with Gasteiger partial charge in [-0.1, -0.05) is 48.5 Å². The Hall–Kier alpha value is -3.56. The van der Waals surface area contributed by atoms with E-state index in [1.807, 2.05) is 48.5 Å². The first kappa shape index (κ1) is 24.1. The molecule has 3 N–H and O–H groups in total. The molecule has 0 aromatic heterocycles. The lowest BCUT2D eigenvalue weighted by molar-refractivity contribution is -0.157. The van der Waals surface area contributed by atoms with Crippen LogP contribution in [-0.2, 0) is 14.3 Å². The molecule has 0 heterocycles. The molecule has 2 atom stereocenters. The van der Waals surface area contributed by atoms with Crippen molar-refractivity contribution in [1.82, 2.24) is 10.6 Å². The van der Waals surface area contributed by atoms with Gasteiger partial charge in [0.2, 0.25) is 5.91 Å². The van der Waals surface area contributed by atoms with E-state index in [2.05, 4.69) is 5.32 Å². The molecule has 0 fully saturated rings. The highest BCUT2D eigenvalue weighted by Crippen LogP contribution is 2.44. The van der Waals surface area contributed by atoms with Crippen molar-refractivity contribution in [3.05, 3.63) is 59.7 Å². The van der Waals surface area contributed by atoms with Gasteiger partial charge in [0.05, 0.1) is 0 Å². The molecule has 0 aliphatic heterocycles. The van der Waals surface area contributed by atoms with Crippen LogP contribution in [0, 0.1) is 0 Å². The van der Waals surface area contributed by atoms with Crippen LogP contribution < -0.4 is 10.6 Å². The first-order valence-electron chi connectivity index (χ1n) is 10.3. The van der Waals surface area contributed by atoms with Crippen LogP contribution >= 0.6 is 0 Å². The van der Waals surface area contributed by atoms with Crippen LogP contribution in [0.15, 0.2) is 48.5 Å². The van der Waals surface area contributed by atoms with Gasteiger partial charge >= 0.3 is 18.2 Å². The van der Waals surface area contributed by atoms with E-state index < -0.39 is 49.1 Å². The quantitative estimate of drug-likeness (QED) is 0.551. The molecular formula is C23H23F3N2O5. The second-order valence-electron chi connectivity index (χ2n) is 7.73. The molecule has 3 rings (SSSR count). The second-order valence-corrected chi connectivity index (χ2v) is 7.73. The predicted molar refractivity (Wildman–Crippen MR) is 113 cm³/mol. The molecule has 0 spiro atoms. The number of aliphatic carboxylic acids is 1. The zero-order valence-corrected chi connectivity index (χ0v) is 17.7. The Morgan fingerprint density at radius 1 is 1.00 bits per heavy atom.